The number of hydrogen-bond donors (Lipinski definition) is 5. The smallest absolute Gasteiger partial charge is 0.412 e. The summed E-state index contributed by atoms with van der Waals surface area (Å²) in [5, 5.41) is 80.5. The fourth-order valence-corrected chi connectivity index (χ4v) is 14.7. The number of aromatic nitrogens is 20. The van der Waals surface area contributed by atoms with E-state index in [0.717, 1.165) is 60.6 Å². The van der Waals surface area contributed by atoms with Crippen molar-refractivity contribution in [2.24, 2.45) is 34.1 Å². The molecule has 36 nitrogen and oxygen atoms in total. The molecule has 18 rings (SSSR count). The number of nitrogens with zero attached hydrogens (tertiary/aromatic N) is 26. The van der Waals surface area contributed by atoms with E-state index < -0.39 is 12.2 Å². The van der Waals surface area contributed by atoms with E-state index in [1.807, 2.05) is 72.8 Å². The number of anilines is 4. The number of hydrogen-bond acceptors (Lipinski definition) is 27. The van der Waals surface area contributed by atoms with Crippen molar-refractivity contribution in [3.63, 3.8) is 0 Å². The van der Waals surface area contributed by atoms with Crippen LogP contribution in [0, 0.1) is 51.2 Å². The molecule has 1 aliphatic carbocycles. The zero-order valence-corrected chi connectivity index (χ0v) is 71.1. The molecule has 4 aromatic carbocycles. The molecule has 0 unspecified atom stereocenters. The van der Waals surface area contributed by atoms with E-state index in [1.54, 1.807) is 157 Å². The molecule has 40 heteroatoms. The van der Waals surface area contributed by atoms with Gasteiger partial charge in [0, 0.05) is 154 Å². The first-order valence-corrected chi connectivity index (χ1v) is 40.2. The quantitative estimate of drug-likeness (QED) is 0.0600. The summed E-state index contributed by atoms with van der Waals surface area (Å²) in [5.74, 6) is 0.0464. The number of rotatable bonds is 16. The Kier molecular flexibility index (Phi) is 25.7. The predicted molar refractivity (Wildman–Crippen MR) is 475 cm³/mol. The van der Waals surface area contributed by atoms with Gasteiger partial charge in [-0.3, -0.25) is 63.8 Å². The first-order valence-electron chi connectivity index (χ1n) is 38.7. The van der Waals surface area contributed by atoms with E-state index in [4.69, 9.17) is 51.5 Å². The maximum Gasteiger partial charge on any atom is 0.412 e. The summed E-state index contributed by atoms with van der Waals surface area (Å²) in [5.41, 5.74) is 10.3. The molecule has 0 bridgehead atoms. The molecule has 5 N–H and O–H groups in total. The number of halogens is 4. The van der Waals surface area contributed by atoms with Crippen molar-refractivity contribution in [2.45, 2.75) is 19.3 Å². The third kappa shape index (κ3) is 19.8. The van der Waals surface area contributed by atoms with Crippen LogP contribution in [0.3, 0.4) is 0 Å². The van der Waals surface area contributed by atoms with Crippen LogP contribution >= 0.6 is 46.4 Å². The lowest BCUT2D eigenvalue weighted by atomic mass is 10.0. The van der Waals surface area contributed by atoms with Crippen LogP contribution in [-0.4, -0.2) is 185 Å². The number of carbonyl (C=O) groups is 4. The van der Waals surface area contributed by atoms with Gasteiger partial charge in [-0.05, 0) is 123 Å². The van der Waals surface area contributed by atoms with E-state index in [-0.39, 0.29) is 64.4 Å². The van der Waals surface area contributed by atoms with Crippen LogP contribution in [0.2, 0.25) is 20.1 Å². The molecule has 2 aliphatic rings. The zero-order chi connectivity index (χ0) is 89.3. The van der Waals surface area contributed by atoms with Gasteiger partial charge in [0.1, 0.15) is 92.6 Å². The molecule has 0 spiro atoms. The molecular weight excluding hydrogens is 1700 g/mol. The molecule has 2 fully saturated rings. The fraction of sp³-hybridized carbons (Fsp3) is 0.172. The summed E-state index contributed by atoms with van der Waals surface area (Å²) in [7, 11) is 10.4. The van der Waals surface area contributed by atoms with Gasteiger partial charge >= 0.3 is 12.2 Å². The number of methoxy groups -OCH3 is 1. The van der Waals surface area contributed by atoms with Crippen LogP contribution in [0.5, 0.6) is 0 Å². The molecule has 0 atom stereocenters. The normalized spacial score (nSPS) is 12.4. The van der Waals surface area contributed by atoms with Crippen LogP contribution in [0.25, 0.3) is 134 Å². The lowest BCUT2D eigenvalue weighted by Gasteiger charge is -2.31. The second kappa shape index (κ2) is 37.9. The number of carboxylic acid groups (broad SMARTS) is 1. The maximum atomic E-state index is 12.8. The van der Waals surface area contributed by atoms with Crippen LogP contribution in [0.1, 0.15) is 42.0 Å². The summed E-state index contributed by atoms with van der Waals surface area (Å²) in [6.45, 7) is 3.62. The SMILES string of the molecule is CN1CCN(CC(=O)Nc2nc(-c3ccn(C)n3)c(-c3cc(Cl)c4ncccc4c3)nc2C#N)CC1.COC(=O)Nc1nc(-c2ccn(C)n2)c(-c2cc(Cl)c3ncccc3c2)nc1C#N.Cn1ccc(-c2nc(NC(=O)CC3CC3)c(C#N)nc2-c2cc(Cl)c3ncccc3c2)n1.Cn1ccc(-c2nc(NC(=O)O)c(C#N)nc2-c2cc(Cl)c3ncccc3c2)n1. The summed E-state index contributed by atoms with van der Waals surface area (Å²) >= 11 is 25.9. The van der Waals surface area contributed by atoms with Crippen molar-refractivity contribution in [3.05, 3.63) is 214 Å². The summed E-state index contributed by atoms with van der Waals surface area (Å²) in [4.78, 5) is 106. The molecule has 16 aromatic rings. The van der Waals surface area contributed by atoms with Crippen molar-refractivity contribution in [1.29, 1.82) is 21.0 Å². The summed E-state index contributed by atoms with van der Waals surface area (Å²) < 4.78 is 11.1. The van der Waals surface area contributed by atoms with E-state index >= 15 is 0 Å². The van der Waals surface area contributed by atoms with Gasteiger partial charge in [-0.15, -0.1) is 0 Å². The Bertz CT molecular complexity index is 7220. The molecule has 13 heterocycles. The van der Waals surface area contributed by atoms with Crippen molar-refractivity contribution < 1.29 is 29.0 Å². The third-order valence-corrected chi connectivity index (χ3v) is 21.0. The number of amides is 4. The average molecular weight is 1770 g/mol. The zero-order valence-electron chi connectivity index (χ0n) is 68.0. The highest BCUT2D eigenvalue weighted by Gasteiger charge is 2.30. The Labute approximate surface area is 741 Å². The minimum atomic E-state index is -1.35. The minimum Gasteiger partial charge on any atom is -0.465 e. The number of pyridine rings is 4. The molecule has 1 aliphatic heterocycles. The molecule has 4 amide bonds. The van der Waals surface area contributed by atoms with Gasteiger partial charge in [-0.2, -0.15) is 41.4 Å². The molecule has 127 heavy (non-hydrogen) atoms. The Morgan fingerprint density at radius 3 is 0.984 bits per heavy atom. The highest BCUT2D eigenvalue weighted by atomic mass is 35.5. The Morgan fingerprint density at radius 1 is 0.409 bits per heavy atom. The lowest BCUT2D eigenvalue weighted by Crippen LogP contribution is -2.47. The van der Waals surface area contributed by atoms with Gasteiger partial charge in [-0.1, -0.05) is 70.7 Å². The van der Waals surface area contributed by atoms with Crippen molar-refractivity contribution in [2.75, 3.05) is 68.1 Å². The van der Waals surface area contributed by atoms with Crippen LogP contribution in [0.15, 0.2) is 171 Å². The molecular formula is C87H68Cl4N30O6. The van der Waals surface area contributed by atoms with Crippen LogP contribution in [0.4, 0.5) is 32.9 Å². The van der Waals surface area contributed by atoms with E-state index in [0.29, 0.717) is 145 Å². The Hall–Kier alpha value is -15.8. The maximum absolute atomic E-state index is 12.8. The summed E-state index contributed by atoms with van der Waals surface area (Å²) in [6.07, 6.45) is 14.1. The second-order valence-electron chi connectivity index (χ2n) is 28.9. The number of ether oxygens (including phenoxy) is 1. The van der Waals surface area contributed by atoms with E-state index in [2.05, 4.69) is 135 Å². The molecule has 12 aromatic heterocycles. The van der Waals surface area contributed by atoms with E-state index in [9.17, 15) is 40.2 Å². The standard InChI is InChI=1S/C25H24ClN9O.C23H18ClN7O.C20H14ClN7O2.C19H12ClN7O2/c1-33-8-10-35(11-9-33)15-21(36)30-25-20(14-27)29-23(24(31-25)19-5-7-34(2)32-19)17-12-16-4-3-6-28-22(16)18(26)13-17;1-31-8-6-17(30-31)22-21(15-10-14-3-2-7-26-20(14)16(24)11-15)27-18(12-25)23(29-22)28-19(32)9-13-4-5-13;1-28-7-5-14(27-28)18-17(24-15(10-22)19(25-18)26-20(29)30-2)12-8-11-4-3-6-23-16(11)13(21)9-12;1-27-6-4-13(26-27)17-16(23-14(9-21)18(24-17)25-19(28)29)11-7-10-3-2-5-22-15(10)12(20)8-11/h3-7,12-13H,8-11,15H2,1-2H3,(H,30,31,36);2-3,6-8,10-11,13H,4-5,9H2,1H3,(H,28,29,32);3-9H,1-2H3,(H,25,26,29);2-8H,1H3,(H,24,25)(H,28,29). The molecule has 1 saturated heterocycles. The fourth-order valence-electron chi connectivity index (χ4n) is 13.6. The second-order valence-corrected chi connectivity index (χ2v) is 30.5. The van der Waals surface area contributed by atoms with Crippen LogP contribution < -0.4 is 21.3 Å². The van der Waals surface area contributed by atoms with E-state index in [1.165, 1.54) is 7.11 Å². The topological polar surface area (TPSA) is 473 Å². The number of benzene rings is 4. The number of nitrogens with one attached hydrogen (secondary N) is 4. The third-order valence-electron chi connectivity index (χ3n) is 19.8. The van der Waals surface area contributed by atoms with Gasteiger partial charge in [0.2, 0.25) is 11.8 Å². The number of carbonyl (C=O) groups excluding carboxylic acids is 3. The number of likely N-dealkylation sites (N-methyl/N-ethyl adjacent to an activating group) is 1. The van der Waals surface area contributed by atoms with Gasteiger partial charge in [0.25, 0.3) is 0 Å². The first kappa shape index (κ1) is 86.2. The average Bonchev–Trinajstić information content (AvgIpc) is 1.73. The lowest BCUT2D eigenvalue weighted by molar-refractivity contribution is -0.118. The van der Waals surface area contributed by atoms with Gasteiger partial charge in [0.05, 0.1) is 55.8 Å². The van der Waals surface area contributed by atoms with Gasteiger partial charge in [-0.25, -0.2) is 49.5 Å². The predicted octanol–water partition coefficient (Wildman–Crippen LogP) is 14.7. The number of piperazine rings is 1. The minimum absolute atomic E-state index is 0.0128. The van der Waals surface area contributed by atoms with Crippen molar-refractivity contribution >= 4 is 137 Å². The molecule has 630 valence electrons. The first-order chi connectivity index (χ1) is 61.4. The Morgan fingerprint density at radius 2 is 0.709 bits per heavy atom. The highest BCUT2D eigenvalue weighted by molar-refractivity contribution is 6.37. The molecule has 1 saturated carbocycles. The van der Waals surface area contributed by atoms with Crippen molar-refractivity contribution in [1.82, 2.24) is 109 Å². The van der Waals surface area contributed by atoms with Gasteiger partial charge in [0.15, 0.2) is 46.0 Å². The van der Waals surface area contributed by atoms with Gasteiger partial charge < -0.3 is 25.4 Å². The Balaban J connectivity index is 0.000000131. The largest absolute Gasteiger partial charge is 0.465 e. The number of nitriles is 4. The number of fused-ring (bicyclic) bond motifs is 4. The van der Waals surface area contributed by atoms with Crippen LogP contribution in [-0.2, 0) is 42.5 Å². The molecule has 0 radical (unpaired) electrons. The number of aryl methyl sites for hydroxylation is 4. The highest BCUT2D eigenvalue weighted by Crippen LogP contribution is 2.41. The van der Waals surface area contributed by atoms with Crippen molar-refractivity contribution in [3.8, 4) is 115 Å². The summed E-state index contributed by atoms with van der Waals surface area (Å²) in [6, 6.07) is 44.2. The monoisotopic (exact) mass is 1770 g/mol.